The van der Waals surface area contributed by atoms with Crippen LogP contribution in [-0.2, 0) is 16.0 Å². The molecule has 0 aliphatic carbocycles. The van der Waals surface area contributed by atoms with Crippen LogP contribution in [0, 0.1) is 0 Å². The highest BCUT2D eigenvalue weighted by Crippen LogP contribution is 2.15. The van der Waals surface area contributed by atoms with E-state index in [0.717, 1.165) is 51.5 Å². The monoisotopic (exact) mass is 517 g/mol. The first-order valence-electron chi connectivity index (χ1n) is 10.2. The van der Waals surface area contributed by atoms with Crippen molar-refractivity contribution in [2.75, 3.05) is 51.3 Å². The van der Waals surface area contributed by atoms with Crippen molar-refractivity contribution in [1.82, 2.24) is 15.5 Å². The maximum Gasteiger partial charge on any atom is 0.246 e. The van der Waals surface area contributed by atoms with E-state index in [1.807, 2.05) is 25.1 Å². The molecule has 3 N–H and O–H groups in total. The van der Waals surface area contributed by atoms with Crippen LogP contribution in [0.4, 0.5) is 5.69 Å². The van der Waals surface area contributed by atoms with Crippen molar-refractivity contribution < 1.29 is 9.53 Å². The number of anilines is 1. The van der Waals surface area contributed by atoms with Gasteiger partial charge in [-0.1, -0.05) is 19.1 Å². The number of nitrogens with one attached hydrogen (secondary N) is 3. The Labute approximate surface area is 192 Å². The maximum atomic E-state index is 12.3. The van der Waals surface area contributed by atoms with Gasteiger partial charge in [0.05, 0.1) is 13.2 Å². The van der Waals surface area contributed by atoms with Gasteiger partial charge >= 0.3 is 0 Å². The van der Waals surface area contributed by atoms with Crippen LogP contribution in [0.15, 0.2) is 29.3 Å². The zero-order valence-electron chi connectivity index (χ0n) is 18.1. The smallest absolute Gasteiger partial charge is 0.246 e. The fourth-order valence-electron chi connectivity index (χ4n) is 3.14. The standard InChI is InChI=1S/C21H35N5O2.HI/c1-5-17-8-7-9-18(14-17)25-19(27)15-23-20(22-6-2)24-16-21(3,4)26-10-12-28-13-11-26;/h7-9,14H,5-6,10-13,15-16H2,1-4H3,(H,25,27)(H2,22,23,24);1H. The van der Waals surface area contributed by atoms with E-state index in [1.54, 1.807) is 0 Å². The quantitative estimate of drug-likeness (QED) is 0.281. The van der Waals surface area contributed by atoms with E-state index < -0.39 is 0 Å². The number of carbonyl (C=O) groups excluding carboxylic acids is 1. The van der Waals surface area contributed by atoms with E-state index in [0.29, 0.717) is 5.96 Å². The Morgan fingerprint density at radius 3 is 2.59 bits per heavy atom. The zero-order chi connectivity index (χ0) is 20.4. The first kappa shape index (κ1) is 25.6. The number of rotatable bonds is 8. The Morgan fingerprint density at radius 2 is 1.93 bits per heavy atom. The van der Waals surface area contributed by atoms with Gasteiger partial charge in [0, 0.05) is 37.4 Å². The molecular weight excluding hydrogens is 481 g/mol. The van der Waals surface area contributed by atoms with E-state index in [9.17, 15) is 4.79 Å². The molecule has 1 saturated heterocycles. The summed E-state index contributed by atoms with van der Waals surface area (Å²) in [6.07, 6.45) is 0.940. The third-order valence-corrected chi connectivity index (χ3v) is 4.90. The predicted molar refractivity (Wildman–Crippen MR) is 130 cm³/mol. The van der Waals surface area contributed by atoms with Crippen molar-refractivity contribution in [3.05, 3.63) is 29.8 Å². The van der Waals surface area contributed by atoms with Gasteiger partial charge in [-0.15, -0.1) is 24.0 Å². The van der Waals surface area contributed by atoms with Gasteiger partial charge in [0.15, 0.2) is 5.96 Å². The van der Waals surface area contributed by atoms with Crippen molar-refractivity contribution in [3.8, 4) is 0 Å². The number of carbonyl (C=O) groups is 1. The second-order valence-corrected chi connectivity index (χ2v) is 7.56. The zero-order valence-corrected chi connectivity index (χ0v) is 20.4. The number of benzene rings is 1. The first-order valence-corrected chi connectivity index (χ1v) is 10.2. The SMILES string of the molecule is CCNC(=NCC(=O)Nc1cccc(CC)c1)NCC(C)(C)N1CCOCC1.I. The van der Waals surface area contributed by atoms with Crippen molar-refractivity contribution >= 4 is 41.5 Å². The second-order valence-electron chi connectivity index (χ2n) is 7.56. The van der Waals surface area contributed by atoms with Crippen LogP contribution in [0.3, 0.4) is 0 Å². The molecule has 1 heterocycles. The number of amides is 1. The van der Waals surface area contributed by atoms with Crippen molar-refractivity contribution in [1.29, 1.82) is 0 Å². The number of ether oxygens (including phenoxy) is 1. The van der Waals surface area contributed by atoms with Crippen LogP contribution in [0.2, 0.25) is 0 Å². The topological polar surface area (TPSA) is 78.0 Å². The summed E-state index contributed by atoms with van der Waals surface area (Å²) in [5, 5.41) is 9.50. The summed E-state index contributed by atoms with van der Waals surface area (Å²) in [6, 6.07) is 7.90. The molecular formula is C21H36IN5O2. The van der Waals surface area contributed by atoms with Crippen molar-refractivity contribution in [3.63, 3.8) is 0 Å². The van der Waals surface area contributed by atoms with Gasteiger partial charge in [-0.25, -0.2) is 4.99 Å². The molecule has 7 nitrogen and oxygen atoms in total. The lowest BCUT2D eigenvalue weighted by Crippen LogP contribution is -2.56. The predicted octanol–water partition coefficient (Wildman–Crippen LogP) is 2.47. The number of morpholine rings is 1. The molecule has 8 heteroatoms. The summed E-state index contributed by atoms with van der Waals surface area (Å²) in [6.45, 7) is 13.5. The normalized spacial score (nSPS) is 15.4. The Kier molecular flexibility index (Phi) is 11.5. The number of aliphatic imine (C=N–C) groups is 1. The van der Waals surface area contributed by atoms with Crippen molar-refractivity contribution in [2.45, 2.75) is 39.7 Å². The average molecular weight is 517 g/mol. The van der Waals surface area contributed by atoms with Crippen LogP contribution >= 0.6 is 24.0 Å². The Bertz CT molecular complexity index is 660. The van der Waals surface area contributed by atoms with E-state index in [1.165, 1.54) is 5.56 Å². The molecule has 2 rings (SSSR count). The minimum Gasteiger partial charge on any atom is -0.379 e. The minimum absolute atomic E-state index is 0. The first-order chi connectivity index (χ1) is 13.4. The summed E-state index contributed by atoms with van der Waals surface area (Å²) in [4.78, 5) is 19.1. The molecule has 1 aliphatic heterocycles. The lowest BCUT2D eigenvalue weighted by molar-refractivity contribution is -0.114. The molecule has 1 fully saturated rings. The number of nitrogens with zero attached hydrogens (tertiary/aromatic N) is 2. The van der Waals surface area contributed by atoms with Gasteiger partial charge in [-0.05, 0) is 44.9 Å². The molecule has 164 valence electrons. The summed E-state index contributed by atoms with van der Waals surface area (Å²) in [7, 11) is 0. The lowest BCUT2D eigenvalue weighted by atomic mass is 10.0. The van der Waals surface area contributed by atoms with Gasteiger partial charge < -0.3 is 20.7 Å². The highest BCUT2D eigenvalue weighted by molar-refractivity contribution is 14.0. The third kappa shape index (κ3) is 8.88. The average Bonchev–Trinajstić information content (AvgIpc) is 2.71. The molecule has 0 unspecified atom stereocenters. The van der Waals surface area contributed by atoms with Crippen LogP contribution < -0.4 is 16.0 Å². The second kappa shape index (κ2) is 13.0. The summed E-state index contributed by atoms with van der Waals surface area (Å²) in [5.41, 5.74) is 1.98. The molecule has 0 bridgehead atoms. The molecule has 0 aromatic heterocycles. The lowest BCUT2D eigenvalue weighted by Gasteiger charge is -2.41. The minimum atomic E-state index is -0.127. The van der Waals surface area contributed by atoms with E-state index in [4.69, 9.17) is 4.74 Å². The van der Waals surface area contributed by atoms with Crippen LogP contribution in [-0.4, -0.2) is 68.2 Å². The Balaban J connectivity index is 0.00000420. The number of hydrogen-bond acceptors (Lipinski definition) is 4. The van der Waals surface area contributed by atoms with Gasteiger partial charge in [0.1, 0.15) is 6.54 Å². The Hall–Kier alpha value is -1.39. The molecule has 29 heavy (non-hydrogen) atoms. The van der Waals surface area contributed by atoms with Crippen LogP contribution in [0.5, 0.6) is 0 Å². The summed E-state index contributed by atoms with van der Waals surface area (Å²) in [5.74, 6) is 0.527. The fraction of sp³-hybridized carbons (Fsp3) is 0.619. The van der Waals surface area contributed by atoms with Crippen LogP contribution in [0.1, 0.15) is 33.3 Å². The Morgan fingerprint density at radius 1 is 1.21 bits per heavy atom. The van der Waals surface area contributed by atoms with Gasteiger partial charge in [0.25, 0.3) is 0 Å². The van der Waals surface area contributed by atoms with Crippen molar-refractivity contribution in [2.24, 2.45) is 4.99 Å². The summed E-state index contributed by atoms with van der Waals surface area (Å²) >= 11 is 0. The highest BCUT2D eigenvalue weighted by Gasteiger charge is 2.28. The summed E-state index contributed by atoms with van der Waals surface area (Å²) < 4.78 is 5.44. The molecule has 0 spiro atoms. The molecule has 0 radical (unpaired) electrons. The maximum absolute atomic E-state index is 12.3. The highest BCUT2D eigenvalue weighted by atomic mass is 127. The van der Waals surface area contributed by atoms with Gasteiger partial charge in [-0.2, -0.15) is 0 Å². The molecule has 1 aliphatic rings. The molecule has 1 aromatic rings. The molecule has 1 amide bonds. The molecule has 0 saturated carbocycles. The van der Waals surface area contributed by atoms with Gasteiger partial charge in [0.2, 0.25) is 5.91 Å². The number of aryl methyl sites for hydroxylation is 1. The van der Waals surface area contributed by atoms with E-state index in [2.05, 4.69) is 52.7 Å². The van der Waals surface area contributed by atoms with E-state index in [-0.39, 0.29) is 42.0 Å². The fourth-order valence-corrected chi connectivity index (χ4v) is 3.14. The number of hydrogen-bond donors (Lipinski definition) is 3. The van der Waals surface area contributed by atoms with Gasteiger partial charge in [-0.3, -0.25) is 9.69 Å². The molecule has 0 atom stereocenters. The third-order valence-electron chi connectivity index (χ3n) is 4.90. The molecule has 1 aromatic carbocycles. The largest absolute Gasteiger partial charge is 0.379 e. The van der Waals surface area contributed by atoms with E-state index >= 15 is 0 Å². The van der Waals surface area contributed by atoms with Crippen LogP contribution in [0.25, 0.3) is 0 Å². The number of halogens is 1. The number of guanidine groups is 1.